The third-order valence-corrected chi connectivity index (χ3v) is 8.58. The molecule has 1 saturated carbocycles. The minimum absolute atomic E-state index is 0.418. The predicted molar refractivity (Wildman–Crippen MR) is 138 cm³/mol. The Labute approximate surface area is 204 Å². The summed E-state index contributed by atoms with van der Waals surface area (Å²) >= 11 is 1.56. The van der Waals surface area contributed by atoms with E-state index in [1.807, 2.05) is 12.3 Å². The van der Waals surface area contributed by atoms with Crippen LogP contribution in [0.4, 0.5) is 23.3 Å². The van der Waals surface area contributed by atoms with Gasteiger partial charge in [0.05, 0.1) is 27.0 Å². The molecule has 0 radical (unpaired) electrons. The van der Waals surface area contributed by atoms with Crippen LogP contribution >= 0.6 is 11.3 Å². The molecule has 3 aromatic heterocycles. The van der Waals surface area contributed by atoms with Crippen molar-refractivity contribution >= 4 is 51.1 Å². The van der Waals surface area contributed by atoms with Gasteiger partial charge in [-0.15, -0.1) is 11.3 Å². The molecule has 2 aliphatic heterocycles. The first-order chi connectivity index (χ1) is 16.7. The first kappa shape index (κ1) is 21.7. The molecule has 3 fully saturated rings. The van der Waals surface area contributed by atoms with Crippen LogP contribution in [0.1, 0.15) is 53.3 Å². The van der Waals surface area contributed by atoms with E-state index in [4.69, 9.17) is 9.97 Å². The van der Waals surface area contributed by atoms with E-state index in [1.165, 1.54) is 19.3 Å². The first-order valence-electron chi connectivity index (χ1n) is 12.4. The number of piperazine rings is 1. The van der Waals surface area contributed by atoms with Gasteiger partial charge in [-0.1, -0.05) is 12.8 Å². The largest absolute Gasteiger partial charge is 0.368 e. The molecule has 3 aliphatic rings. The summed E-state index contributed by atoms with van der Waals surface area (Å²) in [5, 5.41) is 3.35. The van der Waals surface area contributed by atoms with Gasteiger partial charge in [0.25, 0.3) is 0 Å². The molecule has 34 heavy (non-hydrogen) atoms. The van der Waals surface area contributed by atoms with Crippen LogP contribution in [-0.4, -0.2) is 72.5 Å². The molecule has 0 amide bonds. The van der Waals surface area contributed by atoms with Crippen LogP contribution in [0, 0.1) is 0 Å². The number of carbonyl (C=O) groups excluding carboxylic acids is 1. The number of anilines is 4. The summed E-state index contributed by atoms with van der Waals surface area (Å²) in [6.45, 7) is 6.17. The Hall–Kier alpha value is -2.78. The third kappa shape index (κ3) is 4.01. The summed E-state index contributed by atoms with van der Waals surface area (Å²) in [5.41, 5.74) is 3.24. The highest BCUT2D eigenvalue weighted by atomic mass is 32.1. The van der Waals surface area contributed by atoms with Gasteiger partial charge in [-0.3, -0.25) is 4.79 Å². The van der Waals surface area contributed by atoms with Crippen LogP contribution in [0.5, 0.6) is 0 Å². The van der Waals surface area contributed by atoms with Crippen LogP contribution in [0.2, 0.25) is 0 Å². The van der Waals surface area contributed by atoms with Crippen LogP contribution in [0.15, 0.2) is 18.3 Å². The van der Waals surface area contributed by atoms with E-state index in [0.717, 1.165) is 96.4 Å². The number of aldehydes is 1. The van der Waals surface area contributed by atoms with Crippen LogP contribution in [-0.2, 0) is 0 Å². The lowest BCUT2D eigenvalue weighted by Gasteiger charge is -2.33. The van der Waals surface area contributed by atoms with Crippen molar-refractivity contribution in [1.29, 1.82) is 0 Å². The minimum Gasteiger partial charge on any atom is -0.368 e. The number of nitrogens with one attached hydrogen (secondary N) is 1. The molecule has 5 heterocycles. The number of hydrogen-bond donors (Lipinski definition) is 1. The van der Waals surface area contributed by atoms with E-state index in [0.29, 0.717) is 11.9 Å². The maximum atomic E-state index is 12.0. The summed E-state index contributed by atoms with van der Waals surface area (Å²) in [6, 6.07) is 4.13. The zero-order valence-corrected chi connectivity index (χ0v) is 20.5. The second-order valence-corrected chi connectivity index (χ2v) is 10.7. The first-order valence-corrected chi connectivity index (χ1v) is 13.2. The van der Waals surface area contributed by atoms with Crippen molar-refractivity contribution in [1.82, 2.24) is 19.9 Å². The SMILES string of the molecule is CN1CCN(c2ccc(Nc3nc(N4CCC4)c4sc(C=O)c(C5CCCC5)c4n3)nc2)CC1. The zero-order chi connectivity index (χ0) is 23.1. The predicted octanol–water partition coefficient (Wildman–Crippen LogP) is 4.26. The number of rotatable bonds is 6. The fourth-order valence-electron chi connectivity index (χ4n) is 5.32. The third-order valence-electron chi connectivity index (χ3n) is 7.46. The Morgan fingerprint density at radius 3 is 2.44 bits per heavy atom. The molecule has 2 saturated heterocycles. The molecule has 6 rings (SSSR count). The molecule has 1 N–H and O–H groups in total. The van der Waals surface area contributed by atoms with Gasteiger partial charge < -0.3 is 20.0 Å². The minimum atomic E-state index is 0.418. The zero-order valence-electron chi connectivity index (χ0n) is 19.7. The Bertz CT molecular complexity index is 1180. The Morgan fingerprint density at radius 2 is 1.79 bits per heavy atom. The van der Waals surface area contributed by atoms with Crippen LogP contribution < -0.4 is 15.1 Å². The lowest BCUT2D eigenvalue weighted by molar-refractivity contribution is 0.112. The van der Waals surface area contributed by atoms with E-state index >= 15 is 0 Å². The Kier molecular flexibility index (Phi) is 5.82. The van der Waals surface area contributed by atoms with E-state index in [9.17, 15) is 4.79 Å². The molecular formula is C25H31N7OS. The van der Waals surface area contributed by atoms with Crippen LogP contribution in [0.25, 0.3) is 10.2 Å². The molecule has 3 aromatic rings. The molecule has 0 aromatic carbocycles. The number of aromatic nitrogens is 3. The van der Waals surface area contributed by atoms with Crippen molar-refractivity contribution < 1.29 is 4.79 Å². The number of hydrogen-bond acceptors (Lipinski definition) is 9. The molecule has 0 unspecified atom stereocenters. The Balaban J connectivity index is 1.33. The summed E-state index contributed by atoms with van der Waals surface area (Å²) in [6.07, 6.45) is 8.83. The molecule has 0 atom stereocenters. The number of fused-ring (bicyclic) bond motifs is 1. The summed E-state index contributed by atoms with van der Waals surface area (Å²) in [4.78, 5) is 34.3. The maximum absolute atomic E-state index is 12.0. The van der Waals surface area contributed by atoms with Crippen molar-refractivity contribution in [2.24, 2.45) is 0 Å². The quantitative estimate of drug-likeness (QED) is 0.528. The van der Waals surface area contributed by atoms with E-state index in [1.54, 1.807) is 11.3 Å². The average molecular weight is 478 g/mol. The van der Waals surface area contributed by atoms with E-state index in [2.05, 4.69) is 38.1 Å². The summed E-state index contributed by atoms with van der Waals surface area (Å²) < 4.78 is 1.05. The van der Waals surface area contributed by atoms with Gasteiger partial charge in [-0.05, 0) is 44.4 Å². The van der Waals surface area contributed by atoms with Gasteiger partial charge in [0.1, 0.15) is 5.82 Å². The molecule has 9 heteroatoms. The average Bonchev–Trinajstić information content (AvgIpc) is 3.46. The number of nitrogens with zero attached hydrogens (tertiary/aromatic N) is 6. The van der Waals surface area contributed by atoms with Gasteiger partial charge in [0.15, 0.2) is 12.1 Å². The number of carbonyl (C=O) groups is 1. The van der Waals surface area contributed by atoms with Crippen molar-refractivity contribution in [3.63, 3.8) is 0 Å². The van der Waals surface area contributed by atoms with Crippen molar-refractivity contribution in [3.8, 4) is 0 Å². The molecule has 0 spiro atoms. The highest BCUT2D eigenvalue weighted by Gasteiger charge is 2.29. The van der Waals surface area contributed by atoms with Crippen LogP contribution in [0.3, 0.4) is 0 Å². The van der Waals surface area contributed by atoms with Gasteiger partial charge in [0, 0.05) is 44.8 Å². The second-order valence-electron chi connectivity index (χ2n) is 9.69. The molecular weight excluding hydrogens is 446 g/mol. The standard InChI is InChI=1S/C25H31N7OS/c1-30-11-13-31(14-12-30)18-7-8-20(26-15-18)27-25-28-22-21(17-5-2-3-6-17)19(16-33)34-23(22)24(29-25)32-9-4-10-32/h7-8,15-17H,2-6,9-14H2,1H3,(H,26,27,28,29). The highest BCUT2D eigenvalue weighted by Crippen LogP contribution is 2.45. The van der Waals surface area contributed by atoms with Crippen molar-refractivity contribution in [2.45, 2.75) is 38.0 Å². The summed E-state index contributed by atoms with van der Waals surface area (Å²) in [7, 11) is 2.16. The van der Waals surface area contributed by atoms with Gasteiger partial charge in [0.2, 0.25) is 5.95 Å². The number of likely N-dealkylation sites (N-methyl/N-ethyl adjacent to an activating group) is 1. The van der Waals surface area contributed by atoms with Gasteiger partial charge in [-0.2, -0.15) is 4.98 Å². The van der Waals surface area contributed by atoms with E-state index < -0.39 is 0 Å². The van der Waals surface area contributed by atoms with Crippen molar-refractivity contribution in [2.75, 3.05) is 61.4 Å². The second kappa shape index (κ2) is 9.11. The molecule has 178 valence electrons. The van der Waals surface area contributed by atoms with Gasteiger partial charge in [-0.25, -0.2) is 9.97 Å². The fraction of sp³-hybridized carbons (Fsp3) is 0.520. The highest BCUT2D eigenvalue weighted by molar-refractivity contribution is 7.21. The fourth-order valence-corrected chi connectivity index (χ4v) is 6.48. The number of pyridine rings is 1. The maximum Gasteiger partial charge on any atom is 0.231 e. The smallest absolute Gasteiger partial charge is 0.231 e. The van der Waals surface area contributed by atoms with Crippen molar-refractivity contribution in [3.05, 3.63) is 28.8 Å². The lowest BCUT2D eigenvalue weighted by Crippen LogP contribution is -2.44. The molecule has 1 aliphatic carbocycles. The Morgan fingerprint density at radius 1 is 1.00 bits per heavy atom. The molecule has 8 nitrogen and oxygen atoms in total. The molecule has 0 bridgehead atoms. The van der Waals surface area contributed by atoms with E-state index in [-0.39, 0.29) is 0 Å². The number of thiophene rings is 1. The normalized spacial score (nSPS) is 19.6. The topological polar surface area (TPSA) is 77.5 Å². The summed E-state index contributed by atoms with van der Waals surface area (Å²) in [5.74, 6) is 2.66. The monoisotopic (exact) mass is 477 g/mol. The van der Waals surface area contributed by atoms with Gasteiger partial charge >= 0.3 is 0 Å². The lowest BCUT2D eigenvalue weighted by atomic mass is 9.97.